The fourth-order valence-corrected chi connectivity index (χ4v) is 2.25. The van der Waals surface area contributed by atoms with Crippen LogP contribution in [0.2, 0.25) is 10.0 Å². The van der Waals surface area contributed by atoms with Crippen molar-refractivity contribution in [3.8, 4) is 5.75 Å². The standard InChI is InChI=1S/C16H15Cl2N3O3/c1-10-3-2-4-12(7-10)19-16(23)21-20-15(22)9-24-14-6-5-11(17)8-13(14)18/h2-8H,9H2,1H3,(H,20,22)(H2,19,21,23). The SMILES string of the molecule is Cc1cccc(NC(=O)NNC(=O)COc2ccc(Cl)cc2Cl)c1. The maximum atomic E-state index is 11.7. The molecule has 0 bridgehead atoms. The van der Waals surface area contributed by atoms with Gasteiger partial charge in [0.15, 0.2) is 6.61 Å². The minimum absolute atomic E-state index is 0.292. The molecular formula is C16H15Cl2N3O3. The molecule has 2 aromatic carbocycles. The van der Waals surface area contributed by atoms with Gasteiger partial charge in [0.25, 0.3) is 5.91 Å². The Bertz CT molecular complexity index is 753. The first-order valence-corrected chi connectivity index (χ1v) is 7.70. The number of rotatable bonds is 4. The van der Waals surface area contributed by atoms with Crippen molar-refractivity contribution in [1.29, 1.82) is 0 Å². The van der Waals surface area contributed by atoms with Crippen molar-refractivity contribution < 1.29 is 14.3 Å². The number of carbonyl (C=O) groups is 2. The summed E-state index contributed by atoms with van der Waals surface area (Å²) in [6.07, 6.45) is 0. The number of halogens is 2. The molecule has 0 heterocycles. The summed E-state index contributed by atoms with van der Waals surface area (Å²) in [5.74, 6) is -0.221. The maximum Gasteiger partial charge on any atom is 0.337 e. The Morgan fingerprint density at radius 2 is 1.88 bits per heavy atom. The number of nitrogens with one attached hydrogen (secondary N) is 3. The van der Waals surface area contributed by atoms with Gasteiger partial charge >= 0.3 is 6.03 Å². The van der Waals surface area contributed by atoms with Crippen LogP contribution in [0.15, 0.2) is 42.5 Å². The van der Waals surface area contributed by atoms with E-state index in [9.17, 15) is 9.59 Å². The van der Waals surface area contributed by atoms with E-state index in [1.165, 1.54) is 6.07 Å². The van der Waals surface area contributed by atoms with Gasteiger partial charge in [-0.25, -0.2) is 10.2 Å². The van der Waals surface area contributed by atoms with Crippen LogP contribution < -0.4 is 20.9 Å². The molecule has 126 valence electrons. The second-order valence-electron chi connectivity index (χ2n) is 4.86. The van der Waals surface area contributed by atoms with Crippen LogP contribution in [0.4, 0.5) is 10.5 Å². The Morgan fingerprint density at radius 1 is 1.08 bits per heavy atom. The lowest BCUT2D eigenvalue weighted by Crippen LogP contribution is -2.45. The number of anilines is 1. The second kappa shape index (κ2) is 8.42. The average molecular weight is 368 g/mol. The highest BCUT2D eigenvalue weighted by Crippen LogP contribution is 2.27. The van der Waals surface area contributed by atoms with E-state index in [0.29, 0.717) is 21.5 Å². The summed E-state index contributed by atoms with van der Waals surface area (Å²) < 4.78 is 5.25. The first-order valence-electron chi connectivity index (χ1n) is 6.94. The van der Waals surface area contributed by atoms with Crippen LogP contribution in [0, 0.1) is 6.92 Å². The van der Waals surface area contributed by atoms with Crippen LogP contribution in [0.3, 0.4) is 0 Å². The Kier molecular flexibility index (Phi) is 6.28. The van der Waals surface area contributed by atoms with Crippen LogP contribution in [0.1, 0.15) is 5.56 Å². The minimum atomic E-state index is -0.571. The molecule has 0 radical (unpaired) electrons. The van der Waals surface area contributed by atoms with E-state index in [2.05, 4.69) is 16.2 Å². The van der Waals surface area contributed by atoms with Gasteiger partial charge in [-0.2, -0.15) is 0 Å². The van der Waals surface area contributed by atoms with Gasteiger partial charge in [0.1, 0.15) is 5.75 Å². The number of ether oxygens (including phenoxy) is 1. The molecule has 3 N–H and O–H groups in total. The molecule has 0 saturated heterocycles. The minimum Gasteiger partial charge on any atom is -0.482 e. The lowest BCUT2D eigenvalue weighted by molar-refractivity contribution is -0.123. The number of aryl methyl sites for hydroxylation is 1. The van der Waals surface area contributed by atoms with Crippen molar-refractivity contribution in [2.24, 2.45) is 0 Å². The van der Waals surface area contributed by atoms with E-state index in [1.807, 2.05) is 19.1 Å². The summed E-state index contributed by atoms with van der Waals surface area (Å²) in [5, 5.41) is 3.34. The highest BCUT2D eigenvalue weighted by Gasteiger charge is 2.08. The third-order valence-corrected chi connectivity index (χ3v) is 3.37. The summed E-state index contributed by atoms with van der Waals surface area (Å²) in [4.78, 5) is 23.3. The Hall–Kier alpha value is -2.44. The number of hydrogen-bond acceptors (Lipinski definition) is 3. The van der Waals surface area contributed by atoms with Crippen molar-refractivity contribution in [3.05, 3.63) is 58.1 Å². The lowest BCUT2D eigenvalue weighted by Gasteiger charge is -2.11. The van der Waals surface area contributed by atoms with Crippen LogP contribution in [0.5, 0.6) is 5.75 Å². The number of hydrogen-bond donors (Lipinski definition) is 3. The molecule has 0 aromatic heterocycles. The maximum absolute atomic E-state index is 11.7. The Morgan fingerprint density at radius 3 is 2.58 bits per heavy atom. The zero-order valence-electron chi connectivity index (χ0n) is 12.7. The van der Waals surface area contributed by atoms with E-state index in [4.69, 9.17) is 27.9 Å². The molecule has 0 unspecified atom stereocenters. The van der Waals surface area contributed by atoms with E-state index in [-0.39, 0.29) is 6.61 Å². The summed E-state index contributed by atoms with van der Waals surface area (Å²) in [5.41, 5.74) is 6.07. The summed E-state index contributed by atoms with van der Waals surface area (Å²) in [7, 11) is 0. The molecule has 0 aliphatic rings. The Balaban J connectivity index is 1.75. The summed E-state index contributed by atoms with van der Waals surface area (Å²) >= 11 is 11.7. The molecule has 0 fully saturated rings. The second-order valence-corrected chi connectivity index (χ2v) is 5.70. The summed E-state index contributed by atoms with van der Waals surface area (Å²) in [6.45, 7) is 1.59. The fourth-order valence-electron chi connectivity index (χ4n) is 1.78. The van der Waals surface area contributed by atoms with Crippen molar-refractivity contribution >= 4 is 40.8 Å². The third-order valence-electron chi connectivity index (χ3n) is 2.84. The molecule has 6 nitrogen and oxygen atoms in total. The molecule has 2 rings (SSSR count). The molecule has 0 aliphatic carbocycles. The zero-order chi connectivity index (χ0) is 17.5. The van der Waals surface area contributed by atoms with Crippen LogP contribution in [-0.4, -0.2) is 18.5 Å². The first kappa shape index (κ1) is 17.9. The van der Waals surface area contributed by atoms with Gasteiger partial charge in [0, 0.05) is 10.7 Å². The molecule has 3 amide bonds. The number of benzene rings is 2. The van der Waals surface area contributed by atoms with E-state index in [0.717, 1.165) is 5.56 Å². The Labute approximate surface area is 149 Å². The lowest BCUT2D eigenvalue weighted by atomic mass is 10.2. The molecule has 0 saturated carbocycles. The molecule has 24 heavy (non-hydrogen) atoms. The van der Waals surface area contributed by atoms with E-state index >= 15 is 0 Å². The van der Waals surface area contributed by atoms with Crippen LogP contribution >= 0.6 is 23.2 Å². The normalized spacial score (nSPS) is 9.96. The average Bonchev–Trinajstić information content (AvgIpc) is 2.52. The fraction of sp³-hybridized carbons (Fsp3) is 0.125. The molecule has 0 aliphatic heterocycles. The van der Waals surface area contributed by atoms with Gasteiger partial charge in [-0.15, -0.1) is 0 Å². The monoisotopic (exact) mass is 367 g/mol. The topological polar surface area (TPSA) is 79.5 Å². The van der Waals surface area contributed by atoms with Crippen molar-refractivity contribution in [3.63, 3.8) is 0 Å². The molecule has 0 atom stereocenters. The quantitative estimate of drug-likeness (QED) is 0.723. The largest absolute Gasteiger partial charge is 0.482 e. The van der Waals surface area contributed by atoms with Gasteiger partial charge in [-0.3, -0.25) is 10.2 Å². The summed E-state index contributed by atoms with van der Waals surface area (Å²) in [6, 6.07) is 11.3. The highest BCUT2D eigenvalue weighted by atomic mass is 35.5. The van der Waals surface area contributed by atoms with Crippen LogP contribution in [-0.2, 0) is 4.79 Å². The van der Waals surface area contributed by atoms with E-state index in [1.54, 1.807) is 24.3 Å². The molecule has 0 spiro atoms. The predicted molar refractivity (Wildman–Crippen MR) is 93.4 cm³/mol. The van der Waals surface area contributed by atoms with Crippen LogP contribution in [0.25, 0.3) is 0 Å². The highest BCUT2D eigenvalue weighted by molar-refractivity contribution is 6.35. The number of carbonyl (C=O) groups excluding carboxylic acids is 2. The molecular weight excluding hydrogens is 353 g/mol. The van der Waals surface area contributed by atoms with Crippen molar-refractivity contribution in [1.82, 2.24) is 10.9 Å². The van der Waals surface area contributed by atoms with Gasteiger partial charge < -0.3 is 10.1 Å². The third kappa shape index (κ3) is 5.64. The number of urea groups is 1. The number of amides is 3. The van der Waals surface area contributed by atoms with Gasteiger partial charge in [-0.1, -0.05) is 35.3 Å². The molecule has 8 heteroatoms. The van der Waals surface area contributed by atoms with Crippen molar-refractivity contribution in [2.45, 2.75) is 6.92 Å². The first-order chi connectivity index (χ1) is 11.4. The van der Waals surface area contributed by atoms with Gasteiger partial charge in [0.2, 0.25) is 0 Å². The smallest absolute Gasteiger partial charge is 0.337 e. The van der Waals surface area contributed by atoms with E-state index < -0.39 is 11.9 Å². The van der Waals surface area contributed by atoms with Gasteiger partial charge in [0.05, 0.1) is 5.02 Å². The number of hydrazine groups is 1. The zero-order valence-corrected chi connectivity index (χ0v) is 14.2. The van der Waals surface area contributed by atoms with Gasteiger partial charge in [-0.05, 0) is 42.8 Å². The predicted octanol–water partition coefficient (Wildman–Crippen LogP) is 3.53. The molecule has 2 aromatic rings. The van der Waals surface area contributed by atoms with Crippen molar-refractivity contribution in [2.75, 3.05) is 11.9 Å².